The van der Waals surface area contributed by atoms with Crippen molar-refractivity contribution in [2.24, 2.45) is 11.7 Å². The number of hydrogen-bond donors (Lipinski definition) is 2. The number of primary amides is 1. The first-order valence-electron chi connectivity index (χ1n) is 8.92. The highest BCUT2D eigenvalue weighted by Crippen LogP contribution is 2.50. The van der Waals surface area contributed by atoms with Crippen molar-refractivity contribution in [3.63, 3.8) is 0 Å². The van der Waals surface area contributed by atoms with Gasteiger partial charge in [-0.15, -0.1) is 11.3 Å². The van der Waals surface area contributed by atoms with Crippen LogP contribution in [0.4, 0.5) is 5.00 Å². The second kappa shape index (κ2) is 6.39. The summed E-state index contributed by atoms with van der Waals surface area (Å²) in [6.07, 6.45) is 4.44. The first kappa shape index (κ1) is 17.6. The minimum atomic E-state index is -0.517. The number of amides is 2. The SMILES string of the molecule is C[C@@H]1CCc2c(sc(NC(=O)C3(c4ccc(Cl)cc4)CC3)c2C(N)=O)C1. The molecule has 2 aliphatic rings. The van der Waals surface area contributed by atoms with Gasteiger partial charge >= 0.3 is 0 Å². The van der Waals surface area contributed by atoms with Crippen LogP contribution in [0.1, 0.15) is 52.5 Å². The lowest BCUT2D eigenvalue weighted by atomic mass is 9.88. The summed E-state index contributed by atoms with van der Waals surface area (Å²) in [6.45, 7) is 2.21. The molecule has 6 heteroatoms. The fraction of sp³-hybridized carbons (Fsp3) is 0.400. The molecular formula is C20H21ClN2O2S. The summed E-state index contributed by atoms with van der Waals surface area (Å²) < 4.78 is 0. The van der Waals surface area contributed by atoms with Gasteiger partial charge in [-0.1, -0.05) is 30.7 Å². The van der Waals surface area contributed by atoms with Crippen LogP contribution in [0.25, 0.3) is 0 Å². The van der Waals surface area contributed by atoms with Crippen LogP contribution >= 0.6 is 22.9 Å². The minimum absolute atomic E-state index is 0.0611. The summed E-state index contributed by atoms with van der Waals surface area (Å²) >= 11 is 7.48. The molecule has 3 N–H and O–H groups in total. The van der Waals surface area contributed by atoms with Gasteiger partial charge in [0, 0.05) is 9.90 Å². The van der Waals surface area contributed by atoms with Crippen LogP contribution in [-0.2, 0) is 23.1 Å². The van der Waals surface area contributed by atoms with Crippen molar-refractivity contribution >= 4 is 39.8 Å². The third kappa shape index (κ3) is 2.93. The Morgan fingerprint density at radius 1 is 1.27 bits per heavy atom. The van der Waals surface area contributed by atoms with Crippen molar-refractivity contribution in [2.45, 2.75) is 44.4 Å². The minimum Gasteiger partial charge on any atom is -0.365 e. The molecule has 136 valence electrons. The molecule has 0 unspecified atom stereocenters. The van der Waals surface area contributed by atoms with Crippen LogP contribution in [0.15, 0.2) is 24.3 Å². The third-order valence-corrected chi connectivity index (χ3v) is 6.99. The van der Waals surface area contributed by atoms with Crippen molar-refractivity contribution in [1.29, 1.82) is 0 Å². The van der Waals surface area contributed by atoms with E-state index in [1.165, 1.54) is 16.2 Å². The van der Waals surface area contributed by atoms with Crippen molar-refractivity contribution in [3.8, 4) is 0 Å². The van der Waals surface area contributed by atoms with Crippen LogP contribution in [-0.4, -0.2) is 11.8 Å². The van der Waals surface area contributed by atoms with Gasteiger partial charge in [-0.3, -0.25) is 9.59 Å². The normalized spacial score (nSPS) is 20.3. The number of thiophene rings is 1. The van der Waals surface area contributed by atoms with Crippen molar-refractivity contribution in [3.05, 3.63) is 50.9 Å². The first-order valence-corrected chi connectivity index (χ1v) is 10.1. The van der Waals surface area contributed by atoms with E-state index in [9.17, 15) is 9.59 Å². The van der Waals surface area contributed by atoms with E-state index in [0.717, 1.165) is 43.2 Å². The second-order valence-electron chi connectivity index (χ2n) is 7.46. The summed E-state index contributed by atoms with van der Waals surface area (Å²) in [5.74, 6) is 0.0759. The summed E-state index contributed by atoms with van der Waals surface area (Å²) in [7, 11) is 0. The molecule has 26 heavy (non-hydrogen) atoms. The lowest BCUT2D eigenvalue weighted by Gasteiger charge is -2.18. The molecule has 2 amide bonds. The highest BCUT2D eigenvalue weighted by Gasteiger charge is 2.51. The maximum Gasteiger partial charge on any atom is 0.251 e. The molecule has 1 saturated carbocycles. The maximum atomic E-state index is 13.0. The Labute approximate surface area is 161 Å². The molecule has 0 spiro atoms. The number of hydrogen-bond acceptors (Lipinski definition) is 3. The zero-order chi connectivity index (χ0) is 18.5. The molecule has 0 aliphatic heterocycles. The average Bonchev–Trinajstić information content (AvgIpc) is 3.32. The number of nitrogens with one attached hydrogen (secondary N) is 1. The lowest BCUT2D eigenvalue weighted by Crippen LogP contribution is -2.28. The summed E-state index contributed by atoms with van der Waals surface area (Å²) in [4.78, 5) is 26.3. The Hall–Kier alpha value is -1.85. The fourth-order valence-electron chi connectivity index (χ4n) is 3.86. The molecule has 4 rings (SSSR count). The molecule has 0 bridgehead atoms. The van der Waals surface area contributed by atoms with E-state index >= 15 is 0 Å². The molecule has 2 aromatic rings. The number of halogens is 1. The Balaban J connectivity index is 1.64. The van der Waals surface area contributed by atoms with Gasteiger partial charge in [-0.25, -0.2) is 0 Å². The number of carbonyl (C=O) groups is 2. The fourth-order valence-corrected chi connectivity index (χ4v) is 5.40. The number of rotatable bonds is 4. The smallest absolute Gasteiger partial charge is 0.251 e. The topological polar surface area (TPSA) is 72.2 Å². The van der Waals surface area contributed by atoms with Crippen LogP contribution in [0.2, 0.25) is 5.02 Å². The number of benzene rings is 1. The van der Waals surface area contributed by atoms with E-state index in [0.29, 0.717) is 21.5 Å². The number of carbonyl (C=O) groups excluding carboxylic acids is 2. The highest BCUT2D eigenvalue weighted by molar-refractivity contribution is 7.17. The molecule has 4 nitrogen and oxygen atoms in total. The number of fused-ring (bicyclic) bond motifs is 1. The molecule has 1 atom stereocenters. The van der Waals surface area contributed by atoms with Crippen LogP contribution < -0.4 is 11.1 Å². The molecule has 0 radical (unpaired) electrons. The van der Waals surface area contributed by atoms with Crippen LogP contribution in [0.5, 0.6) is 0 Å². The van der Waals surface area contributed by atoms with E-state index in [2.05, 4.69) is 12.2 Å². The largest absolute Gasteiger partial charge is 0.365 e. The Kier molecular flexibility index (Phi) is 4.32. The molecule has 1 aromatic carbocycles. The van der Waals surface area contributed by atoms with Gasteiger partial charge in [0.25, 0.3) is 5.91 Å². The van der Waals surface area contributed by atoms with Gasteiger partial charge < -0.3 is 11.1 Å². The highest BCUT2D eigenvalue weighted by atomic mass is 35.5. The van der Waals surface area contributed by atoms with Gasteiger partial charge in [-0.2, -0.15) is 0 Å². The van der Waals surface area contributed by atoms with Gasteiger partial charge in [0.05, 0.1) is 11.0 Å². The van der Waals surface area contributed by atoms with Gasteiger partial charge in [0.15, 0.2) is 0 Å². The predicted molar refractivity (Wildman–Crippen MR) is 105 cm³/mol. The molecule has 0 saturated heterocycles. The van der Waals surface area contributed by atoms with Gasteiger partial charge in [0.1, 0.15) is 5.00 Å². The van der Waals surface area contributed by atoms with E-state index in [-0.39, 0.29) is 5.91 Å². The molecule has 2 aliphatic carbocycles. The Morgan fingerprint density at radius 2 is 1.96 bits per heavy atom. The van der Waals surface area contributed by atoms with Gasteiger partial charge in [0.2, 0.25) is 5.91 Å². The molecule has 1 heterocycles. The maximum absolute atomic E-state index is 13.0. The van der Waals surface area contributed by atoms with Crippen molar-refractivity contribution < 1.29 is 9.59 Å². The summed E-state index contributed by atoms with van der Waals surface area (Å²) in [5.41, 5.74) is 7.64. The number of anilines is 1. The van der Waals surface area contributed by atoms with E-state index in [1.807, 2.05) is 24.3 Å². The van der Waals surface area contributed by atoms with Crippen LogP contribution in [0, 0.1) is 5.92 Å². The number of nitrogens with two attached hydrogens (primary N) is 1. The quantitative estimate of drug-likeness (QED) is 0.819. The molecule has 1 fully saturated rings. The Bertz CT molecular complexity index is 884. The van der Waals surface area contributed by atoms with Crippen molar-refractivity contribution in [2.75, 3.05) is 5.32 Å². The Morgan fingerprint density at radius 3 is 2.58 bits per heavy atom. The van der Waals surface area contributed by atoms with E-state index in [1.54, 1.807) is 0 Å². The van der Waals surface area contributed by atoms with E-state index in [4.69, 9.17) is 17.3 Å². The zero-order valence-electron chi connectivity index (χ0n) is 14.6. The first-order chi connectivity index (χ1) is 12.4. The monoisotopic (exact) mass is 388 g/mol. The standard InChI is InChI=1S/C20H21ClN2O2S/c1-11-2-7-14-15(10-11)26-18(16(14)17(22)24)23-19(25)20(8-9-20)12-3-5-13(21)6-4-12/h3-6,11H,2,7-10H2,1H3,(H2,22,24)(H,23,25)/t11-/m1/s1. The summed E-state index contributed by atoms with van der Waals surface area (Å²) in [5, 5.41) is 4.29. The lowest BCUT2D eigenvalue weighted by molar-refractivity contribution is -0.118. The zero-order valence-corrected chi connectivity index (χ0v) is 16.2. The molecule has 1 aromatic heterocycles. The van der Waals surface area contributed by atoms with E-state index < -0.39 is 11.3 Å². The second-order valence-corrected chi connectivity index (χ2v) is 9.00. The van der Waals surface area contributed by atoms with Crippen LogP contribution in [0.3, 0.4) is 0 Å². The van der Waals surface area contributed by atoms with Crippen molar-refractivity contribution in [1.82, 2.24) is 0 Å². The summed E-state index contributed by atoms with van der Waals surface area (Å²) in [6, 6.07) is 7.44. The molecular weight excluding hydrogens is 368 g/mol. The van der Waals surface area contributed by atoms with Gasteiger partial charge in [-0.05, 0) is 61.3 Å². The predicted octanol–water partition coefficient (Wildman–Crippen LogP) is 4.30. The third-order valence-electron chi connectivity index (χ3n) is 5.57. The average molecular weight is 389 g/mol.